The first-order chi connectivity index (χ1) is 9.68. The molecule has 21 heavy (non-hydrogen) atoms. The quantitative estimate of drug-likeness (QED) is 0.837. The van der Waals surface area contributed by atoms with Gasteiger partial charge in [0.2, 0.25) is 0 Å². The molecule has 2 rings (SSSR count). The Morgan fingerprint density at radius 3 is 1.76 bits per heavy atom. The van der Waals surface area contributed by atoms with Crippen LogP contribution in [-0.2, 0) is 17.4 Å². The summed E-state index contributed by atoms with van der Waals surface area (Å²) in [5.41, 5.74) is 2.57. The van der Waals surface area contributed by atoms with Crippen molar-refractivity contribution in [3.63, 3.8) is 0 Å². The molecule has 112 valence electrons. The highest BCUT2D eigenvalue weighted by Gasteiger charge is 2.23. The summed E-state index contributed by atoms with van der Waals surface area (Å²) < 4.78 is 0. The maximum absolute atomic E-state index is 10.7. The maximum atomic E-state index is 10.7. The Kier molecular flexibility index (Phi) is 4.46. The minimum atomic E-state index is -0.895. The highest BCUT2D eigenvalue weighted by Crippen LogP contribution is 2.28. The van der Waals surface area contributed by atoms with Crippen LogP contribution in [0.3, 0.4) is 0 Å². The van der Waals surface area contributed by atoms with E-state index in [1.54, 1.807) is 0 Å². The molecule has 0 saturated heterocycles. The molecule has 2 aromatic rings. The van der Waals surface area contributed by atoms with E-state index < -0.39 is 5.60 Å². The average Bonchev–Trinajstić information content (AvgIpc) is 2.38. The van der Waals surface area contributed by atoms with Gasteiger partial charge in [0.05, 0.1) is 5.60 Å². The van der Waals surface area contributed by atoms with E-state index in [4.69, 9.17) is 11.6 Å². The predicted molar refractivity (Wildman–Crippen MR) is 89.9 cm³/mol. The van der Waals surface area contributed by atoms with Crippen LogP contribution in [0, 0.1) is 0 Å². The van der Waals surface area contributed by atoms with E-state index in [9.17, 15) is 5.11 Å². The van der Waals surface area contributed by atoms with Gasteiger partial charge in [-0.15, -0.1) is 0 Å². The van der Waals surface area contributed by atoms with Gasteiger partial charge in [-0.05, 0) is 41.2 Å². The van der Waals surface area contributed by atoms with Gasteiger partial charge in [0.25, 0.3) is 0 Å². The molecule has 0 radical (unpaired) electrons. The van der Waals surface area contributed by atoms with Crippen molar-refractivity contribution in [2.24, 2.45) is 0 Å². The largest absolute Gasteiger partial charge is 0.385 e. The van der Waals surface area contributed by atoms with Gasteiger partial charge >= 0.3 is 0 Å². The molecule has 0 aliphatic carbocycles. The van der Waals surface area contributed by atoms with Crippen LogP contribution in [0.1, 0.15) is 44.4 Å². The van der Waals surface area contributed by atoms with Crippen LogP contribution in [-0.4, -0.2) is 5.11 Å². The van der Waals surface area contributed by atoms with Crippen molar-refractivity contribution in [3.05, 3.63) is 70.2 Å². The Morgan fingerprint density at radius 2 is 1.29 bits per heavy atom. The highest BCUT2D eigenvalue weighted by atomic mass is 35.5. The fourth-order valence-corrected chi connectivity index (χ4v) is 2.56. The van der Waals surface area contributed by atoms with E-state index in [2.05, 4.69) is 45.0 Å². The van der Waals surface area contributed by atoms with Crippen molar-refractivity contribution in [1.29, 1.82) is 0 Å². The van der Waals surface area contributed by atoms with Gasteiger partial charge in [-0.25, -0.2) is 0 Å². The summed E-state index contributed by atoms with van der Waals surface area (Å²) in [5.74, 6) is 0. The Hall–Kier alpha value is -1.31. The third-order valence-corrected chi connectivity index (χ3v) is 4.09. The molecule has 0 amide bonds. The van der Waals surface area contributed by atoms with Gasteiger partial charge in [-0.1, -0.05) is 68.8 Å². The molecule has 1 atom stereocenters. The monoisotopic (exact) mass is 302 g/mol. The molecule has 0 aliphatic rings. The van der Waals surface area contributed by atoms with Crippen LogP contribution in [0.15, 0.2) is 48.5 Å². The minimum absolute atomic E-state index is 0.150. The summed E-state index contributed by atoms with van der Waals surface area (Å²) in [7, 11) is 0. The molecule has 2 aromatic carbocycles. The van der Waals surface area contributed by atoms with Crippen LogP contribution in [0.2, 0.25) is 5.02 Å². The number of halogens is 1. The summed E-state index contributed by atoms with van der Waals surface area (Å²) in [6.07, 6.45) is 0.582. The van der Waals surface area contributed by atoms with Crippen molar-refractivity contribution >= 4 is 11.6 Å². The van der Waals surface area contributed by atoms with Gasteiger partial charge in [-0.2, -0.15) is 0 Å². The molecule has 0 aliphatic heterocycles. The zero-order valence-corrected chi connectivity index (χ0v) is 13.9. The number of aliphatic hydroxyl groups is 1. The van der Waals surface area contributed by atoms with E-state index in [-0.39, 0.29) is 5.41 Å². The van der Waals surface area contributed by atoms with Crippen LogP contribution in [0.25, 0.3) is 0 Å². The van der Waals surface area contributed by atoms with Crippen LogP contribution in [0.5, 0.6) is 0 Å². The Bertz CT molecular complexity index is 589. The Morgan fingerprint density at radius 1 is 0.810 bits per heavy atom. The van der Waals surface area contributed by atoms with Crippen molar-refractivity contribution in [2.45, 2.75) is 45.1 Å². The van der Waals surface area contributed by atoms with E-state index in [0.717, 1.165) is 11.1 Å². The summed E-state index contributed by atoms with van der Waals surface area (Å²) in [6.45, 7) is 8.44. The number of hydrogen-bond donors (Lipinski definition) is 1. The Balaban J connectivity index is 2.18. The summed E-state index contributed by atoms with van der Waals surface area (Å²) in [4.78, 5) is 0. The molecular formula is C19H23ClO. The van der Waals surface area contributed by atoms with E-state index in [1.807, 2.05) is 31.2 Å². The smallest absolute Gasteiger partial charge is 0.0908 e. The van der Waals surface area contributed by atoms with Crippen molar-refractivity contribution in [3.8, 4) is 0 Å². The van der Waals surface area contributed by atoms with Crippen LogP contribution in [0.4, 0.5) is 0 Å². The van der Waals surface area contributed by atoms with Crippen molar-refractivity contribution in [2.75, 3.05) is 0 Å². The fraction of sp³-hybridized carbons (Fsp3) is 0.368. The van der Waals surface area contributed by atoms with Gasteiger partial charge < -0.3 is 5.11 Å². The number of hydrogen-bond acceptors (Lipinski definition) is 1. The van der Waals surface area contributed by atoms with Gasteiger partial charge in [0.1, 0.15) is 0 Å². The lowest BCUT2D eigenvalue weighted by atomic mass is 9.84. The molecule has 0 heterocycles. The first-order valence-electron chi connectivity index (χ1n) is 7.26. The summed E-state index contributed by atoms with van der Waals surface area (Å²) >= 11 is 5.90. The fourth-order valence-electron chi connectivity index (χ4n) is 2.43. The molecule has 0 bridgehead atoms. The number of benzene rings is 2. The lowest BCUT2D eigenvalue weighted by Gasteiger charge is -2.25. The lowest BCUT2D eigenvalue weighted by molar-refractivity contribution is 0.0576. The standard InChI is InChI=1S/C19H23ClO/c1-18(2,3)15-7-5-14(6-8-15)13-19(4,21)16-9-11-17(20)12-10-16/h5-12,21H,13H2,1-4H3. The normalized spacial score (nSPS) is 14.8. The molecule has 1 unspecified atom stereocenters. The maximum Gasteiger partial charge on any atom is 0.0908 e. The predicted octanol–water partition coefficient (Wildman–Crippen LogP) is 5.09. The minimum Gasteiger partial charge on any atom is -0.385 e. The third-order valence-electron chi connectivity index (χ3n) is 3.83. The lowest BCUT2D eigenvalue weighted by Crippen LogP contribution is -2.24. The second-order valence-corrected chi connectivity index (χ2v) is 7.34. The van der Waals surface area contributed by atoms with E-state index in [0.29, 0.717) is 11.4 Å². The molecule has 0 spiro atoms. The summed E-state index contributed by atoms with van der Waals surface area (Å²) in [5, 5.41) is 11.4. The second-order valence-electron chi connectivity index (χ2n) is 6.90. The van der Waals surface area contributed by atoms with Gasteiger partial charge in [0, 0.05) is 11.4 Å². The molecular weight excluding hydrogens is 280 g/mol. The van der Waals surface area contributed by atoms with Crippen molar-refractivity contribution in [1.82, 2.24) is 0 Å². The zero-order chi connectivity index (χ0) is 15.7. The van der Waals surface area contributed by atoms with Gasteiger partial charge in [0.15, 0.2) is 0 Å². The van der Waals surface area contributed by atoms with Gasteiger partial charge in [-0.3, -0.25) is 0 Å². The molecule has 1 N–H and O–H groups in total. The topological polar surface area (TPSA) is 20.2 Å². The molecule has 0 saturated carbocycles. The third kappa shape index (κ3) is 4.09. The van der Waals surface area contributed by atoms with Crippen LogP contribution < -0.4 is 0 Å². The SMILES string of the molecule is CC(C)(C)c1ccc(CC(C)(O)c2ccc(Cl)cc2)cc1. The van der Waals surface area contributed by atoms with Crippen LogP contribution >= 0.6 is 11.6 Å². The average molecular weight is 303 g/mol. The highest BCUT2D eigenvalue weighted by molar-refractivity contribution is 6.30. The molecule has 1 nitrogen and oxygen atoms in total. The Labute approximate surface area is 132 Å². The second kappa shape index (κ2) is 5.82. The number of rotatable bonds is 3. The first kappa shape index (κ1) is 16.1. The molecule has 0 aromatic heterocycles. The zero-order valence-electron chi connectivity index (χ0n) is 13.2. The molecule has 2 heteroatoms. The molecule has 0 fully saturated rings. The first-order valence-corrected chi connectivity index (χ1v) is 7.64. The van der Waals surface area contributed by atoms with E-state index >= 15 is 0 Å². The van der Waals surface area contributed by atoms with E-state index in [1.165, 1.54) is 5.56 Å². The summed E-state index contributed by atoms with van der Waals surface area (Å²) in [6, 6.07) is 15.9. The van der Waals surface area contributed by atoms with Crippen molar-refractivity contribution < 1.29 is 5.11 Å².